The number of ether oxygens (including phenoxy) is 1. The Morgan fingerprint density at radius 2 is 2.11 bits per heavy atom. The van der Waals surface area contributed by atoms with E-state index in [0.717, 1.165) is 19.5 Å². The number of carbonyl (C=O) groups is 1. The summed E-state index contributed by atoms with van der Waals surface area (Å²) in [5.41, 5.74) is 0. The molecule has 1 fully saturated rings. The molecule has 1 heterocycles. The summed E-state index contributed by atoms with van der Waals surface area (Å²) in [6.07, 6.45) is 3.61. The highest BCUT2D eigenvalue weighted by Gasteiger charge is 2.24. The molecule has 18 heavy (non-hydrogen) atoms. The summed E-state index contributed by atoms with van der Waals surface area (Å²) in [7, 11) is 1.67. The van der Waals surface area contributed by atoms with E-state index in [4.69, 9.17) is 4.74 Å². The second-order valence-electron chi connectivity index (χ2n) is 5.10. The number of rotatable bonds is 5. The van der Waals surface area contributed by atoms with Gasteiger partial charge in [0, 0.05) is 26.2 Å². The minimum atomic E-state index is 0. The van der Waals surface area contributed by atoms with Gasteiger partial charge < -0.3 is 15.0 Å². The molecular formula is C13H27ClN2O2. The molecule has 2 atom stereocenters. The van der Waals surface area contributed by atoms with E-state index in [0.29, 0.717) is 25.1 Å². The average molecular weight is 279 g/mol. The van der Waals surface area contributed by atoms with Crippen LogP contribution in [0.3, 0.4) is 0 Å². The van der Waals surface area contributed by atoms with Crippen molar-refractivity contribution in [1.82, 2.24) is 10.2 Å². The monoisotopic (exact) mass is 278 g/mol. The molecule has 0 aromatic heterocycles. The molecule has 0 spiro atoms. The predicted molar refractivity (Wildman–Crippen MR) is 76.2 cm³/mol. The summed E-state index contributed by atoms with van der Waals surface area (Å²) < 4.78 is 4.94. The van der Waals surface area contributed by atoms with Gasteiger partial charge in [0.15, 0.2) is 0 Å². The van der Waals surface area contributed by atoms with E-state index in [9.17, 15) is 4.79 Å². The van der Waals surface area contributed by atoms with Gasteiger partial charge >= 0.3 is 0 Å². The van der Waals surface area contributed by atoms with E-state index < -0.39 is 0 Å². The first-order valence-corrected chi connectivity index (χ1v) is 6.64. The van der Waals surface area contributed by atoms with Crippen molar-refractivity contribution in [3.8, 4) is 0 Å². The quantitative estimate of drug-likeness (QED) is 0.778. The van der Waals surface area contributed by atoms with Crippen LogP contribution in [-0.4, -0.2) is 50.2 Å². The highest BCUT2D eigenvalue weighted by molar-refractivity contribution is 5.85. The van der Waals surface area contributed by atoms with E-state index in [-0.39, 0.29) is 18.3 Å². The lowest BCUT2D eigenvalue weighted by Crippen LogP contribution is -2.44. The lowest BCUT2D eigenvalue weighted by molar-refractivity contribution is -0.132. The molecule has 4 nitrogen and oxygen atoms in total. The highest BCUT2D eigenvalue weighted by atomic mass is 35.5. The Bertz CT molecular complexity index is 239. The maximum atomic E-state index is 12.1. The SMILES string of the molecule is COCCNCC(=O)N1CC(C)CCCC1C.Cl. The molecule has 1 aliphatic heterocycles. The van der Waals surface area contributed by atoms with Gasteiger partial charge in [0.1, 0.15) is 0 Å². The van der Waals surface area contributed by atoms with Crippen molar-refractivity contribution in [2.45, 2.75) is 39.2 Å². The molecule has 0 aromatic carbocycles. The molecule has 1 amide bonds. The van der Waals surface area contributed by atoms with Crippen LogP contribution in [0.25, 0.3) is 0 Å². The smallest absolute Gasteiger partial charge is 0.236 e. The zero-order valence-electron chi connectivity index (χ0n) is 11.8. The second-order valence-corrected chi connectivity index (χ2v) is 5.10. The summed E-state index contributed by atoms with van der Waals surface area (Å²) in [5.74, 6) is 0.852. The Labute approximate surface area is 117 Å². The van der Waals surface area contributed by atoms with Crippen LogP contribution in [0.5, 0.6) is 0 Å². The highest BCUT2D eigenvalue weighted by Crippen LogP contribution is 2.20. The van der Waals surface area contributed by atoms with Crippen LogP contribution < -0.4 is 5.32 Å². The molecule has 1 rings (SSSR count). The molecule has 0 radical (unpaired) electrons. The zero-order chi connectivity index (χ0) is 12.7. The molecule has 5 heteroatoms. The number of carbonyl (C=O) groups excluding carboxylic acids is 1. The zero-order valence-corrected chi connectivity index (χ0v) is 12.6. The van der Waals surface area contributed by atoms with Crippen LogP contribution in [0, 0.1) is 5.92 Å². The summed E-state index contributed by atoms with van der Waals surface area (Å²) in [6.45, 7) is 7.12. The van der Waals surface area contributed by atoms with Gasteiger partial charge in [-0.1, -0.05) is 13.3 Å². The Hall–Kier alpha value is -0.320. The predicted octanol–water partition coefficient (Wildman–Crippen LogP) is 1.68. The summed E-state index contributed by atoms with van der Waals surface area (Å²) in [4.78, 5) is 14.1. The fourth-order valence-electron chi connectivity index (χ4n) is 2.34. The van der Waals surface area contributed by atoms with Crippen molar-refractivity contribution < 1.29 is 9.53 Å². The maximum absolute atomic E-state index is 12.1. The summed E-state index contributed by atoms with van der Waals surface area (Å²) in [5, 5.41) is 3.12. The van der Waals surface area contributed by atoms with Crippen molar-refractivity contribution in [3.05, 3.63) is 0 Å². The van der Waals surface area contributed by atoms with E-state index in [1.807, 2.05) is 4.90 Å². The number of methoxy groups -OCH3 is 1. The largest absolute Gasteiger partial charge is 0.383 e. The Kier molecular flexibility index (Phi) is 9.42. The summed E-state index contributed by atoms with van der Waals surface area (Å²) >= 11 is 0. The average Bonchev–Trinajstić information content (AvgIpc) is 2.46. The van der Waals surface area contributed by atoms with Crippen LogP contribution >= 0.6 is 12.4 Å². The van der Waals surface area contributed by atoms with Gasteiger partial charge in [0.2, 0.25) is 5.91 Å². The fourth-order valence-corrected chi connectivity index (χ4v) is 2.34. The van der Waals surface area contributed by atoms with Crippen LogP contribution in [0.15, 0.2) is 0 Å². The van der Waals surface area contributed by atoms with Crippen molar-refractivity contribution >= 4 is 18.3 Å². The van der Waals surface area contributed by atoms with Gasteiger partial charge in [-0.15, -0.1) is 12.4 Å². The van der Waals surface area contributed by atoms with Crippen LogP contribution in [-0.2, 0) is 9.53 Å². The van der Waals surface area contributed by atoms with Crippen LogP contribution in [0.2, 0.25) is 0 Å². The maximum Gasteiger partial charge on any atom is 0.236 e. The van der Waals surface area contributed by atoms with Crippen molar-refractivity contribution in [1.29, 1.82) is 0 Å². The number of hydrogen-bond donors (Lipinski definition) is 1. The van der Waals surface area contributed by atoms with Crippen LogP contribution in [0.1, 0.15) is 33.1 Å². The van der Waals surface area contributed by atoms with Gasteiger partial charge in [-0.05, 0) is 25.7 Å². The third kappa shape index (κ3) is 6.03. The Balaban J connectivity index is 0.00000289. The van der Waals surface area contributed by atoms with Gasteiger partial charge in [-0.2, -0.15) is 0 Å². The first-order chi connectivity index (χ1) is 8.15. The number of nitrogens with one attached hydrogen (secondary N) is 1. The third-order valence-electron chi connectivity index (χ3n) is 3.44. The van der Waals surface area contributed by atoms with Crippen molar-refractivity contribution in [2.75, 3.05) is 33.4 Å². The Morgan fingerprint density at radius 1 is 1.39 bits per heavy atom. The van der Waals surface area contributed by atoms with E-state index in [2.05, 4.69) is 19.2 Å². The second kappa shape index (κ2) is 9.59. The minimum Gasteiger partial charge on any atom is -0.383 e. The number of amides is 1. The fraction of sp³-hybridized carbons (Fsp3) is 0.923. The number of likely N-dealkylation sites (tertiary alicyclic amines) is 1. The van der Waals surface area contributed by atoms with E-state index in [1.165, 1.54) is 12.8 Å². The lowest BCUT2D eigenvalue weighted by Gasteiger charge is -2.28. The molecule has 1 N–H and O–H groups in total. The molecule has 1 saturated heterocycles. The van der Waals surface area contributed by atoms with Gasteiger partial charge in [-0.25, -0.2) is 0 Å². The molecule has 0 aliphatic carbocycles. The molecule has 0 aromatic rings. The number of halogens is 1. The number of nitrogens with zero attached hydrogens (tertiary/aromatic N) is 1. The van der Waals surface area contributed by atoms with Gasteiger partial charge in [0.05, 0.1) is 13.2 Å². The third-order valence-corrected chi connectivity index (χ3v) is 3.44. The van der Waals surface area contributed by atoms with E-state index >= 15 is 0 Å². The minimum absolute atomic E-state index is 0. The first-order valence-electron chi connectivity index (χ1n) is 6.64. The van der Waals surface area contributed by atoms with Crippen molar-refractivity contribution in [3.63, 3.8) is 0 Å². The lowest BCUT2D eigenvalue weighted by atomic mass is 10.1. The van der Waals surface area contributed by atoms with Gasteiger partial charge in [0.25, 0.3) is 0 Å². The molecule has 108 valence electrons. The molecule has 2 unspecified atom stereocenters. The molecular weight excluding hydrogens is 252 g/mol. The summed E-state index contributed by atoms with van der Waals surface area (Å²) in [6, 6.07) is 0.386. The van der Waals surface area contributed by atoms with Gasteiger partial charge in [-0.3, -0.25) is 4.79 Å². The van der Waals surface area contributed by atoms with Crippen molar-refractivity contribution in [2.24, 2.45) is 5.92 Å². The molecule has 1 aliphatic rings. The first kappa shape index (κ1) is 17.7. The Morgan fingerprint density at radius 3 is 2.78 bits per heavy atom. The van der Waals surface area contributed by atoms with E-state index in [1.54, 1.807) is 7.11 Å². The molecule has 0 saturated carbocycles. The van der Waals surface area contributed by atoms with Crippen LogP contribution in [0.4, 0.5) is 0 Å². The molecule has 0 bridgehead atoms. The standard InChI is InChI=1S/C13H26N2O2.ClH/c1-11-5-4-6-12(2)15(10-11)13(16)9-14-7-8-17-3;/h11-12,14H,4-10H2,1-3H3;1H. The normalized spacial score (nSPS) is 24.3. The number of hydrogen-bond acceptors (Lipinski definition) is 3. The topological polar surface area (TPSA) is 41.6 Å².